The fourth-order valence-corrected chi connectivity index (χ4v) is 4.54. The maximum atomic E-state index is 13.3. The molecule has 29 heavy (non-hydrogen) atoms. The number of fused-ring (bicyclic) bond motifs is 1. The Kier molecular flexibility index (Phi) is 5.72. The first kappa shape index (κ1) is 20.1. The summed E-state index contributed by atoms with van der Waals surface area (Å²) in [5.74, 6) is -0.181. The summed E-state index contributed by atoms with van der Waals surface area (Å²) in [5, 5.41) is 4.49. The second kappa shape index (κ2) is 8.27. The van der Waals surface area contributed by atoms with Gasteiger partial charge >= 0.3 is 0 Å². The van der Waals surface area contributed by atoms with Gasteiger partial charge in [-0.05, 0) is 64.8 Å². The Labute approximate surface area is 190 Å². The van der Waals surface area contributed by atoms with E-state index in [1.807, 2.05) is 73.7 Å². The van der Waals surface area contributed by atoms with Crippen LogP contribution in [0.1, 0.15) is 15.9 Å². The molecule has 1 heterocycles. The summed E-state index contributed by atoms with van der Waals surface area (Å²) >= 11 is 13.0. The molecular weight excluding hydrogens is 516 g/mol. The van der Waals surface area contributed by atoms with E-state index in [2.05, 4.69) is 37.2 Å². The summed E-state index contributed by atoms with van der Waals surface area (Å²) in [4.78, 5) is 18.1. The molecule has 0 saturated heterocycles. The van der Waals surface area contributed by atoms with Crippen molar-refractivity contribution in [1.82, 2.24) is 4.98 Å². The van der Waals surface area contributed by atoms with Crippen LogP contribution < -0.4 is 5.32 Å². The van der Waals surface area contributed by atoms with Crippen molar-refractivity contribution in [2.45, 2.75) is 6.92 Å². The highest BCUT2D eigenvalue weighted by molar-refractivity contribution is 9.11. The molecule has 3 aromatic carbocycles. The van der Waals surface area contributed by atoms with E-state index >= 15 is 0 Å². The average Bonchev–Trinajstić information content (AvgIpc) is 2.70. The van der Waals surface area contributed by atoms with Crippen LogP contribution in [0.3, 0.4) is 0 Å². The molecule has 4 rings (SSSR count). The van der Waals surface area contributed by atoms with Gasteiger partial charge in [0.15, 0.2) is 0 Å². The van der Waals surface area contributed by atoms with Gasteiger partial charge in [-0.2, -0.15) is 0 Å². The minimum Gasteiger partial charge on any atom is -0.321 e. The zero-order valence-corrected chi connectivity index (χ0v) is 19.3. The molecule has 144 valence electrons. The van der Waals surface area contributed by atoms with Gasteiger partial charge in [0.1, 0.15) is 0 Å². The molecule has 0 aliphatic carbocycles. The van der Waals surface area contributed by atoms with Crippen molar-refractivity contribution in [3.63, 3.8) is 0 Å². The fourth-order valence-electron chi connectivity index (χ4n) is 3.26. The summed E-state index contributed by atoms with van der Waals surface area (Å²) < 4.78 is 1.73. The summed E-state index contributed by atoms with van der Waals surface area (Å²) in [7, 11) is 0. The zero-order valence-electron chi connectivity index (χ0n) is 15.3. The standard InChI is InChI=1S/C23H15Br2ClN2O/c1-13-21(23(29)28-20-11-8-15(24)12-18(20)25)17-4-2-3-5-19(17)27-22(13)14-6-9-16(26)10-7-14/h2-12H,1H3,(H,28,29). The second-order valence-corrected chi connectivity index (χ2v) is 8.77. The molecule has 0 bridgehead atoms. The zero-order chi connectivity index (χ0) is 20.5. The summed E-state index contributed by atoms with van der Waals surface area (Å²) in [6.07, 6.45) is 0. The molecule has 0 spiro atoms. The average molecular weight is 531 g/mol. The molecule has 1 aromatic heterocycles. The lowest BCUT2D eigenvalue weighted by atomic mass is 9.97. The number of rotatable bonds is 3. The number of aromatic nitrogens is 1. The van der Waals surface area contributed by atoms with Gasteiger partial charge in [-0.1, -0.05) is 57.9 Å². The quantitative estimate of drug-likeness (QED) is 0.296. The van der Waals surface area contributed by atoms with Crippen molar-refractivity contribution in [3.05, 3.63) is 91.8 Å². The van der Waals surface area contributed by atoms with Crippen molar-refractivity contribution < 1.29 is 4.79 Å². The number of carbonyl (C=O) groups is 1. The van der Waals surface area contributed by atoms with Crippen LogP contribution in [0, 0.1) is 6.92 Å². The maximum absolute atomic E-state index is 13.3. The lowest BCUT2D eigenvalue weighted by Crippen LogP contribution is -2.15. The largest absolute Gasteiger partial charge is 0.321 e. The number of hydrogen-bond donors (Lipinski definition) is 1. The Hall–Kier alpha value is -2.21. The van der Waals surface area contributed by atoms with Crippen LogP contribution in [0.25, 0.3) is 22.2 Å². The molecule has 0 saturated carbocycles. The number of amides is 1. The normalized spacial score (nSPS) is 10.9. The van der Waals surface area contributed by atoms with Crippen LogP contribution in [-0.4, -0.2) is 10.9 Å². The SMILES string of the molecule is Cc1c(-c2ccc(Cl)cc2)nc2ccccc2c1C(=O)Nc1ccc(Br)cc1Br. The van der Waals surface area contributed by atoms with Crippen LogP contribution in [0.4, 0.5) is 5.69 Å². The van der Waals surface area contributed by atoms with Gasteiger partial charge in [-0.25, -0.2) is 4.98 Å². The highest BCUT2D eigenvalue weighted by Gasteiger charge is 2.19. The number of nitrogens with zero attached hydrogens (tertiary/aromatic N) is 1. The number of para-hydroxylation sites is 1. The Morgan fingerprint density at radius 1 is 1.00 bits per heavy atom. The molecule has 0 aliphatic rings. The Morgan fingerprint density at radius 3 is 2.45 bits per heavy atom. The van der Waals surface area contributed by atoms with Crippen molar-refractivity contribution >= 4 is 66.0 Å². The predicted octanol–water partition coefficient (Wildman–Crippen LogP) is 7.64. The third-order valence-corrected chi connectivity index (χ3v) is 6.06. The number of halogens is 3. The van der Waals surface area contributed by atoms with Crippen LogP contribution in [0.2, 0.25) is 5.02 Å². The molecule has 0 fully saturated rings. The Bertz CT molecular complexity index is 1240. The van der Waals surface area contributed by atoms with Gasteiger partial charge in [0.25, 0.3) is 5.91 Å². The molecule has 0 radical (unpaired) electrons. The number of carbonyl (C=O) groups excluding carboxylic acids is 1. The van der Waals surface area contributed by atoms with Crippen molar-refractivity contribution in [2.75, 3.05) is 5.32 Å². The Balaban J connectivity index is 1.87. The number of pyridine rings is 1. The molecule has 0 unspecified atom stereocenters. The summed E-state index contributed by atoms with van der Waals surface area (Å²) in [5.41, 5.74) is 4.57. The van der Waals surface area contributed by atoms with E-state index in [0.717, 1.165) is 36.7 Å². The molecule has 3 nitrogen and oxygen atoms in total. The number of nitrogens with one attached hydrogen (secondary N) is 1. The van der Waals surface area contributed by atoms with E-state index < -0.39 is 0 Å². The van der Waals surface area contributed by atoms with E-state index in [4.69, 9.17) is 16.6 Å². The van der Waals surface area contributed by atoms with Crippen molar-refractivity contribution in [1.29, 1.82) is 0 Å². The lowest BCUT2D eigenvalue weighted by Gasteiger charge is -2.15. The number of hydrogen-bond acceptors (Lipinski definition) is 2. The first-order valence-electron chi connectivity index (χ1n) is 8.86. The molecule has 1 amide bonds. The fraction of sp³-hybridized carbons (Fsp3) is 0.0435. The molecule has 0 aliphatic heterocycles. The van der Waals surface area contributed by atoms with Crippen LogP contribution in [0.5, 0.6) is 0 Å². The highest BCUT2D eigenvalue weighted by Crippen LogP contribution is 2.32. The van der Waals surface area contributed by atoms with E-state index in [0.29, 0.717) is 16.3 Å². The Morgan fingerprint density at radius 2 is 1.72 bits per heavy atom. The molecular formula is C23H15Br2ClN2O. The third-order valence-electron chi connectivity index (χ3n) is 4.66. The first-order chi connectivity index (χ1) is 13.9. The van der Waals surface area contributed by atoms with Gasteiger partial charge < -0.3 is 5.32 Å². The molecule has 0 atom stereocenters. The third kappa shape index (κ3) is 4.08. The number of anilines is 1. The van der Waals surface area contributed by atoms with E-state index in [1.54, 1.807) is 0 Å². The van der Waals surface area contributed by atoms with E-state index in [9.17, 15) is 4.79 Å². The van der Waals surface area contributed by atoms with Crippen LogP contribution in [0.15, 0.2) is 75.7 Å². The number of benzene rings is 3. The van der Waals surface area contributed by atoms with E-state index in [1.165, 1.54) is 0 Å². The van der Waals surface area contributed by atoms with Gasteiger partial charge in [0, 0.05) is 24.9 Å². The van der Waals surface area contributed by atoms with Crippen LogP contribution >= 0.6 is 43.5 Å². The highest BCUT2D eigenvalue weighted by atomic mass is 79.9. The minimum atomic E-state index is -0.181. The van der Waals surface area contributed by atoms with Gasteiger partial charge in [-0.15, -0.1) is 0 Å². The topological polar surface area (TPSA) is 42.0 Å². The van der Waals surface area contributed by atoms with Crippen LogP contribution in [-0.2, 0) is 0 Å². The first-order valence-corrected chi connectivity index (χ1v) is 10.8. The summed E-state index contributed by atoms with van der Waals surface area (Å²) in [6.45, 7) is 1.93. The summed E-state index contributed by atoms with van der Waals surface area (Å²) in [6, 6.07) is 20.8. The lowest BCUT2D eigenvalue weighted by molar-refractivity contribution is 0.102. The van der Waals surface area contributed by atoms with Gasteiger partial charge in [-0.3, -0.25) is 4.79 Å². The smallest absolute Gasteiger partial charge is 0.256 e. The second-order valence-electron chi connectivity index (χ2n) is 6.56. The van der Waals surface area contributed by atoms with Gasteiger partial charge in [0.2, 0.25) is 0 Å². The molecule has 4 aromatic rings. The maximum Gasteiger partial charge on any atom is 0.256 e. The molecule has 1 N–H and O–H groups in total. The predicted molar refractivity (Wildman–Crippen MR) is 127 cm³/mol. The van der Waals surface area contributed by atoms with Crippen molar-refractivity contribution in [2.24, 2.45) is 0 Å². The minimum absolute atomic E-state index is 0.181. The monoisotopic (exact) mass is 528 g/mol. The van der Waals surface area contributed by atoms with Gasteiger partial charge in [0.05, 0.1) is 22.5 Å². The van der Waals surface area contributed by atoms with E-state index in [-0.39, 0.29) is 5.91 Å². The molecule has 6 heteroatoms. The van der Waals surface area contributed by atoms with Crippen molar-refractivity contribution in [3.8, 4) is 11.3 Å².